The molecule has 0 radical (unpaired) electrons. The van der Waals surface area contributed by atoms with Crippen LogP contribution in [0.2, 0.25) is 0 Å². The first-order valence-electron chi connectivity index (χ1n) is 6.00. The predicted octanol–water partition coefficient (Wildman–Crippen LogP) is 3.87. The van der Waals surface area contributed by atoms with Crippen LogP contribution in [-0.2, 0) is 4.74 Å². The fourth-order valence-electron chi connectivity index (χ4n) is 2.71. The molecule has 1 aliphatic carbocycles. The molecular weight excluding hydrogens is 172 g/mol. The Morgan fingerprint density at radius 3 is 2.43 bits per heavy atom. The molecule has 2 atom stereocenters. The smallest absolute Gasteiger partial charge is 0.0582 e. The van der Waals surface area contributed by atoms with Gasteiger partial charge in [0.2, 0.25) is 0 Å². The molecule has 0 spiro atoms. The van der Waals surface area contributed by atoms with E-state index in [2.05, 4.69) is 34.6 Å². The molecule has 0 saturated heterocycles. The molecule has 0 amide bonds. The van der Waals surface area contributed by atoms with Crippen molar-refractivity contribution in [1.82, 2.24) is 0 Å². The summed E-state index contributed by atoms with van der Waals surface area (Å²) in [7, 11) is 0. The number of hydrogen-bond donors (Lipinski definition) is 0. The maximum absolute atomic E-state index is 5.95. The lowest BCUT2D eigenvalue weighted by molar-refractivity contribution is -0.0324. The van der Waals surface area contributed by atoms with Crippen LogP contribution in [0, 0.1) is 17.3 Å². The van der Waals surface area contributed by atoms with Gasteiger partial charge in [-0.15, -0.1) is 0 Å². The van der Waals surface area contributed by atoms with Crippen LogP contribution in [-0.4, -0.2) is 12.7 Å². The molecule has 1 heteroatoms. The van der Waals surface area contributed by atoms with E-state index in [0.29, 0.717) is 17.4 Å². The Bertz CT molecular complexity index is 172. The molecule has 1 rings (SSSR count). The van der Waals surface area contributed by atoms with Crippen LogP contribution in [0.4, 0.5) is 0 Å². The summed E-state index contributed by atoms with van der Waals surface area (Å²) in [6.07, 6.45) is 4.37. The first-order chi connectivity index (χ1) is 6.39. The first kappa shape index (κ1) is 12.0. The molecule has 0 aromatic rings. The molecule has 1 nitrogen and oxygen atoms in total. The fraction of sp³-hybridized carbons (Fsp3) is 1.00. The molecule has 0 aliphatic heterocycles. The Morgan fingerprint density at radius 1 is 1.29 bits per heavy atom. The van der Waals surface area contributed by atoms with Crippen molar-refractivity contribution in [1.29, 1.82) is 0 Å². The second-order valence-electron chi connectivity index (χ2n) is 6.26. The minimum Gasteiger partial charge on any atom is -0.378 e. The topological polar surface area (TPSA) is 9.23 Å². The zero-order valence-corrected chi connectivity index (χ0v) is 10.5. The van der Waals surface area contributed by atoms with Crippen LogP contribution in [0.3, 0.4) is 0 Å². The van der Waals surface area contributed by atoms with E-state index in [9.17, 15) is 0 Å². The highest BCUT2D eigenvalue weighted by Crippen LogP contribution is 2.39. The monoisotopic (exact) mass is 198 g/mol. The Hall–Kier alpha value is -0.0400. The molecule has 0 N–H and O–H groups in total. The highest BCUT2D eigenvalue weighted by Gasteiger charge is 2.32. The lowest BCUT2D eigenvalue weighted by Crippen LogP contribution is -2.33. The number of ether oxygens (including phenoxy) is 1. The van der Waals surface area contributed by atoms with Crippen molar-refractivity contribution in [3.63, 3.8) is 0 Å². The minimum absolute atomic E-state index is 0.485. The van der Waals surface area contributed by atoms with Gasteiger partial charge in [0.1, 0.15) is 0 Å². The largest absolute Gasteiger partial charge is 0.378 e. The molecule has 2 unspecified atom stereocenters. The molecule has 14 heavy (non-hydrogen) atoms. The highest BCUT2D eigenvalue weighted by molar-refractivity contribution is 4.83. The van der Waals surface area contributed by atoms with Gasteiger partial charge in [-0.25, -0.2) is 0 Å². The van der Waals surface area contributed by atoms with Crippen LogP contribution in [0.1, 0.15) is 53.9 Å². The zero-order chi connectivity index (χ0) is 10.8. The lowest BCUT2D eigenvalue weighted by atomic mass is 9.71. The first-order valence-corrected chi connectivity index (χ1v) is 6.00. The second kappa shape index (κ2) is 4.65. The molecule has 0 aromatic heterocycles. The van der Waals surface area contributed by atoms with E-state index >= 15 is 0 Å². The Morgan fingerprint density at radius 2 is 1.93 bits per heavy atom. The summed E-state index contributed by atoms with van der Waals surface area (Å²) in [6, 6.07) is 0. The van der Waals surface area contributed by atoms with Crippen molar-refractivity contribution in [3.8, 4) is 0 Å². The average Bonchev–Trinajstić information content (AvgIpc) is 1.96. The van der Waals surface area contributed by atoms with Crippen LogP contribution < -0.4 is 0 Å². The Balaban J connectivity index is 2.38. The summed E-state index contributed by atoms with van der Waals surface area (Å²) >= 11 is 0. The van der Waals surface area contributed by atoms with Crippen molar-refractivity contribution >= 4 is 0 Å². The summed E-state index contributed by atoms with van der Waals surface area (Å²) in [4.78, 5) is 0. The summed E-state index contributed by atoms with van der Waals surface area (Å²) in [5.41, 5.74) is 0.485. The lowest BCUT2D eigenvalue weighted by Gasteiger charge is -2.39. The summed E-state index contributed by atoms with van der Waals surface area (Å²) in [5, 5.41) is 0. The maximum atomic E-state index is 5.95. The molecule has 0 bridgehead atoms. The normalized spacial score (nSPS) is 32.1. The van der Waals surface area contributed by atoms with E-state index in [-0.39, 0.29) is 0 Å². The second-order valence-corrected chi connectivity index (χ2v) is 6.26. The van der Waals surface area contributed by atoms with Gasteiger partial charge in [-0.05, 0) is 36.5 Å². The summed E-state index contributed by atoms with van der Waals surface area (Å²) < 4.78 is 5.95. The Kier molecular flexibility index (Phi) is 4.00. The van der Waals surface area contributed by atoms with Crippen molar-refractivity contribution < 1.29 is 4.74 Å². The highest BCUT2D eigenvalue weighted by atomic mass is 16.5. The van der Waals surface area contributed by atoms with Gasteiger partial charge in [0.15, 0.2) is 0 Å². The van der Waals surface area contributed by atoms with E-state index in [1.54, 1.807) is 0 Å². The van der Waals surface area contributed by atoms with Gasteiger partial charge in [0.05, 0.1) is 6.10 Å². The van der Waals surface area contributed by atoms with Crippen molar-refractivity contribution in [3.05, 3.63) is 0 Å². The summed E-state index contributed by atoms with van der Waals surface area (Å²) in [5.74, 6) is 1.49. The van der Waals surface area contributed by atoms with Gasteiger partial charge < -0.3 is 4.74 Å². The molecule has 1 aliphatic rings. The van der Waals surface area contributed by atoms with E-state index in [4.69, 9.17) is 4.74 Å². The van der Waals surface area contributed by atoms with Gasteiger partial charge in [-0.3, -0.25) is 0 Å². The molecule has 1 fully saturated rings. The van der Waals surface area contributed by atoms with E-state index in [1.165, 1.54) is 19.3 Å². The molecule has 84 valence electrons. The van der Waals surface area contributed by atoms with E-state index in [0.717, 1.165) is 12.5 Å². The van der Waals surface area contributed by atoms with Crippen molar-refractivity contribution in [2.24, 2.45) is 17.3 Å². The standard InChI is InChI=1S/C13H26O/c1-10(2)9-14-12-6-11(3)7-13(4,5)8-12/h10-12H,6-9H2,1-5H3. The minimum atomic E-state index is 0.485. The molecule has 0 aromatic carbocycles. The fourth-order valence-corrected chi connectivity index (χ4v) is 2.71. The summed E-state index contributed by atoms with van der Waals surface area (Å²) in [6.45, 7) is 12.5. The molecule has 0 heterocycles. The van der Waals surface area contributed by atoms with Gasteiger partial charge >= 0.3 is 0 Å². The van der Waals surface area contributed by atoms with Gasteiger partial charge in [0.25, 0.3) is 0 Å². The molecular formula is C13H26O. The SMILES string of the molecule is CC(C)COC1CC(C)CC(C)(C)C1. The van der Waals surface area contributed by atoms with Crippen LogP contribution in [0.5, 0.6) is 0 Å². The quantitative estimate of drug-likeness (QED) is 0.669. The van der Waals surface area contributed by atoms with Gasteiger partial charge in [-0.2, -0.15) is 0 Å². The van der Waals surface area contributed by atoms with Gasteiger partial charge in [-0.1, -0.05) is 34.6 Å². The van der Waals surface area contributed by atoms with Crippen molar-refractivity contribution in [2.75, 3.05) is 6.61 Å². The van der Waals surface area contributed by atoms with E-state index < -0.39 is 0 Å². The van der Waals surface area contributed by atoms with Gasteiger partial charge in [0, 0.05) is 6.61 Å². The predicted molar refractivity (Wildman–Crippen MR) is 61.4 cm³/mol. The third-order valence-corrected chi connectivity index (χ3v) is 3.01. The zero-order valence-electron chi connectivity index (χ0n) is 10.5. The third kappa shape index (κ3) is 4.00. The van der Waals surface area contributed by atoms with Crippen molar-refractivity contribution in [2.45, 2.75) is 60.0 Å². The third-order valence-electron chi connectivity index (χ3n) is 3.01. The molecule has 1 saturated carbocycles. The number of rotatable bonds is 3. The average molecular weight is 198 g/mol. The van der Waals surface area contributed by atoms with E-state index in [1.807, 2.05) is 0 Å². The van der Waals surface area contributed by atoms with Crippen LogP contribution in [0.25, 0.3) is 0 Å². The Labute approximate surface area is 89.2 Å². The number of hydrogen-bond acceptors (Lipinski definition) is 1. The van der Waals surface area contributed by atoms with Crippen LogP contribution >= 0.6 is 0 Å². The van der Waals surface area contributed by atoms with Crippen LogP contribution in [0.15, 0.2) is 0 Å². The maximum Gasteiger partial charge on any atom is 0.0582 e.